The number of thiocarbonyl (C=S) groups is 1. The van der Waals surface area contributed by atoms with Crippen LogP contribution in [0.4, 0.5) is 5.69 Å². The molecule has 1 aliphatic heterocycles. The lowest BCUT2D eigenvalue weighted by Crippen LogP contribution is -2.34. The maximum atomic E-state index is 13.0. The van der Waals surface area contributed by atoms with Crippen molar-refractivity contribution in [3.05, 3.63) is 94.0 Å². The Bertz CT molecular complexity index is 1230. The van der Waals surface area contributed by atoms with Gasteiger partial charge in [-0.3, -0.25) is 14.9 Å². The molecular formula is C28H28BrN3O4S. The first-order valence-corrected chi connectivity index (χ1v) is 13.3. The van der Waals surface area contributed by atoms with Crippen LogP contribution in [-0.2, 0) is 11.2 Å². The van der Waals surface area contributed by atoms with Gasteiger partial charge in [-0.25, -0.2) is 0 Å². The van der Waals surface area contributed by atoms with Crippen molar-refractivity contribution in [1.82, 2.24) is 10.6 Å². The van der Waals surface area contributed by atoms with Crippen LogP contribution in [0.2, 0.25) is 0 Å². The topological polar surface area (TPSA) is 88.7 Å². The number of carbonyl (C=O) groups excluding carboxylic acids is 2. The highest BCUT2D eigenvalue weighted by atomic mass is 79.9. The highest BCUT2D eigenvalue weighted by molar-refractivity contribution is 9.10. The Morgan fingerprint density at radius 1 is 1.03 bits per heavy atom. The minimum atomic E-state index is -0.390. The summed E-state index contributed by atoms with van der Waals surface area (Å²) in [6.07, 6.45) is 2.81. The number of benzene rings is 3. The molecule has 1 atom stereocenters. The maximum absolute atomic E-state index is 13.0. The minimum Gasteiger partial charge on any atom is -0.492 e. The van der Waals surface area contributed by atoms with Crippen molar-refractivity contribution < 1.29 is 19.1 Å². The lowest BCUT2D eigenvalue weighted by molar-refractivity contribution is 0.0857. The fourth-order valence-corrected chi connectivity index (χ4v) is 4.45. The largest absolute Gasteiger partial charge is 0.492 e. The number of halogens is 1. The summed E-state index contributed by atoms with van der Waals surface area (Å²) in [4.78, 5) is 25.3. The third-order valence-corrected chi connectivity index (χ3v) is 6.52. The molecule has 3 aromatic rings. The van der Waals surface area contributed by atoms with Crippen LogP contribution >= 0.6 is 28.1 Å². The molecule has 3 N–H and O–H groups in total. The molecule has 1 saturated heterocycles. The van der Waals surface area contributed by atoms with E-state index in [1.807, 2.05) is 36.4 Å². The van der Waals surface area contributed by atoms with E-state index in [9.17, 15) is 9.59 Å². The molecule has 1 unspecified atom stereocenters. The quantitative estimate of drug-likeness (QED) is 0.304. The Hall–Kier alpha value is -3.27. The Morgan fingerprint density at radius 3 is 2.54 bits per heavy atom. The van der Waals surface area contributed by atoms with Gasteiger partial charge in [0.05, 0.1) is 18.3 Å². The lowest BCUT2D eigenvalue weighted by atomic mass is 10.1. The fraction of sp³-hybridized carbons (Fsp3) is 0.250. The van der Waals surface area contributed by atoms with Crippen molar-refractivity contribution in [1.29, 1.82) is 0 Å². The summed E-state index contributed by atoms with van der Waals surface area (Å²) in [5.41, 5.74) is 2.70. The van der Waals surface area contributed by atoms with Gasteiger partial charge in [-0.1, -0.05) is 46.3 Å². The molecule has 1 fully saturated rings. The lowest BCUT2D eigenvalue weighted by Gasteiger charge is -2.14. The molecule has 0 spiro atoms. The monoisotopic (exact) mass is 581 g/mol. The Balaban J connectivity index is 1.29. The summed E-state index contributed by atoms with van der Waals surface area (Å²) >= 11 is 8.75. The van der Waals surface area contributed by atoms with E-state index in [-0.39, 0.29) is 17.1 Å². The van der Waals surface area contributed by atoms with E-state index in [0.717, 1.165) is 35.9 Å². The SMILES string of the molecule is O=C(NCC1CCCO1)c1ccc(NC(=S)NC(=O)c2cc(Br)ccc2OCCc2ccccc2)cc1. The van der Waals surface area contributed by atoms with Crippen LogP contribution in [0.3, 0.4) is 0 Å². The number of ether oxygens (including phenoxy) is 2. The number of carbonyl (C=O) groups is 2. The third-order valence-electron chi connectivity index (χ3n) is 5.82. The Kier molecular flexibility index (Phi) is 9.65. The molecule has 4 rings (SSSR count). The van der Waals surface area contributed by atoms with Crippen LogP contribution in [0, 0.1) is 0 Å². The van der Waals surface area contributed by atoms with Gasteiger partial charge >= 0.3 is 0 Å². The maximum Gasteiger partial charge on any atom is 0.261 e. The van der Waals surface area contributed by atoms with Gasteiger partial charge in [-0.15, -0.1) is 0 Å². The first kappa shape index (κ1) is 26.8. The molecule has 0 aliphatic carbocycles. The third kappa shape index (κ3) is 8.11. The number of nitrogens with one attached hydrogen (secondary N) is 3. The molecule has 0 aromatic heterocycles. The zero-order chi connectivity index (χ0) is 26.0. The van der Waals surface area contributed by atoms with Gasteiger partial charge in [-0.2, -0.15) is 0 Å². The highest BCUT2D eigenvalue weighted by Gasteiger charge is 2.17. The fourth-order valence-electron chi connectivity index (χ4n) is 3.88. The zero-order valence-corrected chi connectivity index (χ0v) is 22.6. The predicted octanol–water partition coefficient (Wildman–Crippen LogP) is 5.11. The average Bonchev–Trinajstić information content (AvgIpc) is 3.43. The van der Waals surface area contributed by atoms with Crippen molar-refractivity contribution >= 4 is 50.8 Å². The van der Waals surface area contributed by atoms with E-state index in [1.165, 1.54) is 0 Å². The molecule has 192 valence electrons. The van der Waals surface area contributed by atoms with E-state index in [0.29, 0.717) is 35.7 Å². The summed E-state index contributed by atoms with van der Waals surface area (Å²) in [6.45, 7) is 1.69. The van der Waals surface area contributed by atoms with Crippen molar-refractivity contribution in [2.45, 2.75) is 25.4 Å². The Labute approximate surface area is 230 Å². The Morgan fingerprint density at radius 2 is 1.81 bits per heavy atom. The number of hydrogen-bond donors (Lipinski definition) is 3. The van der Waals surface area contributed by atoms with Gasteiger partial charge in [0.1, 0.15) is 5.75 Å². The first-order chi connectivity index (χ1) is 18.0. The van der Waals surface area contributed by atoms with Crippen molar-refractivity contribution in [2.75, 3.05) is 25.1 Å². The standard InChI is InChI=1S/C28H28BrN3O4S/c29-21-10-13-25(36-16-14-19-5-2-1-3-6-19)24(17-21)27(34)32-28(37)31-22-11-8-20(9-12-22)26(33)30-18-23-7-4-15-35-23/h1-3,5-6,8-13,17,23H,4,7,14-16,18H2,(H,30,33)(H2,31,32,34,37). The number of hydrogen-bond acceptors (Lipinski definition) is 5. The van der Waals surface area contributed by atoms with Gasteiger partial charge in [0.2, 0.25) is 0 Å². The summed E-state index contributed by atoms with van der Waals surface area (Å²) in [5.74, 6) is -0.0798. The second-order valence-electron chi connectivity index (χ2n) is 8.56. The number of amides is 2. The van der Waals surface area contributed by atoms with Gasteiger partial charge in [-0.05, 0) is 73.1 Å². The van der Waals surface area contributed by atoms with E-state index >= 15 is 0 Å². The predicted molar refractivity (Wildman–Crippen MR) is 151 cm³/mol. The molecule has 1 aliphatic rings. The van der Waals surface area contributed by atoms with Crippen molar-refractivity contribution in [2.24, 2.45) is 0 Å². The van der Waals surface area contributed by atoms with E-state index < -0.39 is 5.91 Å². The molecule has 9 heteroatoms. The van der Waals surface area contributed by atoms with Crippen LogP contribution in [0.15, 0.2) is 77.3 Å². The van der Waals surface area contributed by atoms with Crippen LogP contribution < -0.4 is 20.7 Å². The van der Waals surface area contributed by atoms with E-state index in [2.05, 4.69) is 31.9 Å². The molecule has 2 amide bonds. The van der Waals surface area contributed by atoms with Gasteiger partial charge in [0, 0.05) is 35.3 Å². The second kappa shape index (κ2) is 13.3. The molecule has 7 nitrogen and oxygen atoms in total. The molecule has 0 saturated carbocycles. The van der Waals surface area contributed by atoms with Crippen LogP contribution in [-0.4, -0.2) is 42.8 Å². The molecule has 0 bridgehead atoms. The first-order valence-electron chi connectivity index (χ1n) is 12.1. The van der Waals surface area contributed by atoms with Gasteiger partial charge in [0.25, 0.3) is 11.8 Å². The second-order valence-corrected chi connectivity index (χ2v) is 9.88. The molecular weight excluding hydrogens is 554 g/mol. The van der Waals surface area contributed by atoms with Crippen LogP contribution in [0.1, 0.15) is 39.1 Å². The van der Waals surface area contributed by atoms with Crippen LogP contribution in [0.5, 0.6) is 5.75 Å². The highest BCUT2D eigenvalue weighted by Crippen LogP contribution is 2.24. The number of rotatable bonds is 9. The zero-order valence-electron chi connectivity index (χ0n) is 20.2. The molecule has 1 heterocycles. The number of anilines is 1. The van der Waals surface area contributed by atoms with E-state index in [1.54, 1.807) is 36.4 Å². The van der Waals surface area contributed by atoms with Crippen molar-refractivity contribution in [3.63, 3.8) is 0 Å². The summed E-state index contributed by atoms with van der Waals surface area (Å²) in [7, 11) is 0. The van der Waals surface area contributed by atoms with Crippen LogP contribution in [0.25, 0.3) is 0 Å². The summed E-state index contributed by atoms with van der Waals surface area (Å²) in [5, 5.41) is 8.71. The normalized spacial score (nSPS) is 14.6. The van der Waals surface area contributed by atoms with Gasteiger partial charge < -0.3 is 20.1 Å². The molecule has 37 heavy (non-hydrogen) atoms. The van der Waals surface area contributed by atoms with Crippen molar-refractivity contribution in [3.8, 4) is 5.75 Å². The minimum absolute atomic E-state index is 0.0888. The van der Waals surface area contributed by atoms with Gasteiger partial charge in [0.15, 0.2) is 5.11 Å². The summed E-state index contributed by atoms with van der Waals surface area (Å²) in [6, 6.07) is 22.1. The summed E-state index contributed by atoms with van der Waals surface area (Å²) < 4.78 is 12.2. The molecule has 0 radical (unpaired) electrons. The molecule has 3 aromatic carbocycles. The van der Waals surface area contributed by atoms with E-state index in [4.69, 9.17) is 21.7 Å². The average molecular weight is 583 g/mol. The smallest absolute Gasteiger partial charge is 0.261 e.